The molecule has 0 aliphatic heterocycles. The Morgan fingerprint density at radius 3 is 2.52 bits per heavy atom. The molecule has 0 saturated heterocycles. The third kappa shape index (κ3) is 5.52. The Labute approximate surface area is 133 Å². The lowest BCUT2D eigenvalue weighted by Crippen LogP contribution is -2.32. The first-order chi connectivity index (χ1) is 10.8. The van der Waals surface area contributed by atoms with Crippen LogP contribution < -0.4 is 5.32 Å². The Kier molecular flexibility index (Phi) is 5.54. The van der Waals surface area contributed by atoms with Crippen molar-refractivity contribution in [2.24, 2.45) is 0 Å². The standard InChI is InChI=1S/C16H19F3N4/c1-12(10-23(2)11-13-6-4-3-5-7-13)21-15-20-9-8-14(22-15)16(17,18)19/h3-9,12H,10-11H2,1-2H3,(H,20,21,22). The van der Waals surface area contributed by atoms with Crippen LogP contribution in [-0.4, -0.2) is 34.5 Å². The number of anilines is 1. The van der Waals surface area contributed by atoms with E-state index in [1.807, 2.05) is 44.3 Å². The maximum atomic E-state index is 12.6. The van der Waals surface area contributed by atoms with E-state index >= 15 is 0 Å². The Bertz CT molecular complexity index is 616. The van der Waals surface area contributed by atoms with Crippen molar-refractivity contribution in [1.82, 2.24) is 14.9 Å². The van der Waals surface area contributed by atoms with E-state index in [4.69, 9.17) is 0 Å². The van der Waals surface area contributed by atoms with Crippen molar-refractivity contribution in [3.05, 3.63) is 53.9 Å². The monoisotopic (exact) mass is 324 g/mol. The normalized spacial score (nSPS) is 13.1. The molecule has 1 aromatic carbocycles. The fraction of sp³-hybridized carbons (Fsp3) is 0.375. The molecule has 0 aliphatic carbocycles. The van der Waals surface area contributed by atoms with Gasteiger partial charge in [-0.1, -0.05) is 30.3 Å². The molecule has 1 aromatic heterocycles. The predicted octanol–water partition coefficient (Wildman–Crippen LogP) is 3.43. The zero-order valence-electron chi connectivity index (χ0n) is 13.0. The topological polar surface area (TPSA) is 41.0 Å². The molecule has 0 aliphatic rings. The van der Waals surface area contributed by atoms with Crippen molar-refractivity contribution in [3.63, 3.8) is 0 Å². The van der Waals surface area contributed by atoms with Crippen molar-refractivity contribution >= 4 is 5.95 Å². The van der Waals surface area contributed by atoms with Crippen LogP contribution >= 0.6 is 0 Å². The minimum Gasteiger partial charge on any atom is -0.350 e. The maximum absolute atomic E-state index is 12.6. The number of alkyl halides is 3. The molecular weight excluding hydrogens is 305 g/mol. The summed E-state index contributed by atoms with van der Waals surface area (Å²) < 4.78 is 37.9. The van der Waals surface area contributed by atoms with Crippen LogP contribution in [0.5, 0.6) is 0 Å². The second-order valence-electron chi connectivity index (χ2n) is 5.49. The summed E-state index contributed by atoms with van der Waals surface area (Å²) in [4.78, 5) is 9.44. The number of likely N-dealkylation sites (N-methyl/N-ethyl adjacent to an activating group) is 1. The molecular formula is C16H19F3N4. The van der Waals surface area contributed by atoms with Crippen molar-refractivity contribution in [2.45, 2.75) is 25.7 Å². The quantitative estimate of drug-likeness (QED) is 0.884. The third-order valence-electron chi connectivity index (χ3n) is 3.20. The second kappa shape index (κ2) is 7.41. The SMILES string of the molecule is CC(CN(C)Cc1ccccc1)Nc1nccc(C(F)(F)F)n1. The van der Waals surface area contributed by atoms with Crippen LogP contribution in [0, 0.1) is 0 Å². The van der Waals surface area contributed by atoms with Gasteiger partial charge in [-0.2, -0.15) is 13.2 Å². The summed E-state index contributed by atoms with van der Waals surface area (Å²) in [6.45, 7) is 3.29. The van der Waals surface area contributed by atoms with Gasteiger partial charge in [0.15, 0.2) is 0 Å². The number of nitrogens with zero attached hydrogens (tertiary/aromatic N) is 3. The first-order valence-corrected chi connectivity index (χ1v) is 7.24. The molecule has 23 heavy (non-hydrogen) atoms. The molecule has 0 amide bonds. The summed E-state index contributed by atoms with van der Waals surface area (Å²) in [6.07, 6.45) is -3.36. The van der Waals surface area contributed by atoms with Crippen LogP contribution in [0.2, 0.25) is 0 Å². The molecule has 124 valence electrons. The van der Waals surface area contributed by atoms with E-state index < -0.39 is 11.9 Å². The van der Waals surface area contributed by atoms with Gasteiger partial charge in [-0.25, -0.2) is 9.97 Å². The Morgan fingerprint density at radius 2 is 1.87 bits per heavy atom. The van der Waals surface area contributed by atoms with Gasteiger partial charge in [-0.3, -0.25) is 0 Å². The summed E-state index contributed by atoms with van der Waals surface area (Å²) in [5, 5.41) is 2.91. The summed E-state index contributed by atoms with van der Waals surface area (Å²) in [5.74, 6) is -0.0135. The van der Waals surface area contributed by atoms with Gasteiger partial charge in [0.1, 0.15) is 5.69 Å². The van der Waals surface area contributed by atoms with Gasteiger partial charge >= 0.3 is 6.18 Å². The maximum Gasteiger partial charge on any atom is 0.433 e. The fourth-order valence-electron chi connectivity index (χ4n) is 2.28. The number of aromatic nitrogens is 2. The summed E-state index contributed by atoms with van der Waals surface area (Å²) in [5.41, 5.74) is 0.234. The van der Waals surface area contributed by atoms with E-state index in [-0.39, 0.29) is 12.0 Å². The Morgan fingerprint density at radius 1 is 1.17 bits per heavy atom. The van der Waals surface area contributed by atoms with E-state index in [2.05, 4.69) is 20.2 Å². The highest BCUT2D eigenvalue weighted by atomic mass is 19.4. The van der Waals surface area contributed by atoms with Gasteiger partial charge in [0.05, 0.1) is 0 Å². The number of hydrogen-bond acceptors (Lipinski definition) is 4. The van der Waals surface area contributed by atoms with E-state index in [9.17, 15) is 13.2 Å². The highest BCUT2D eigenvalue weighted by Crippen LogP contribution is 2.27. The number of nitrogens with one attached hydrogen (secondary N) is 1. The lowest BCUT2D eigenvalue weighted by atomic mass is 10.2. The van der Waals surface area contributed by atoms with Gasteiger partial charge in [-0.15, -0.1) is 0 Å². The van der Waals surface area contributed by atoms with Crippen molar-refractivity contribution in [3.8, 4) is 0 Å². The average molecular weight is 324 g/mol. The van der Waals surface area contributed by atoms with Crippen LogP contribution in [0.3, 0.4) is 0 Å². The van der Waals surface area contributed by atoms with E-state index in [1.165, 1.54) is 5.56 Å². The average Bonchev–Trinajstić information content (AvgIpc) is 2.47. The molecule has 7 heteroatoms. The second-order valence-corrected chi connectivity index (χ2v) is 5.49. The lowest BCUT2D eigenvalue weighted by Gasteiger charge is -2.22. The first kappa shape index (κ1) is 17.2. The van der Waals surface area contributed by atoms with Crippen LogP contribution in [0.15, 0.2) is 42.6 Å². The van der Waals surface area contributed by atoms with Crippen molar-refractivity contribution < 1.29 is 13.2 Å². The molecule has 1 atom stereocenters. The molecule has 1 unspecified atom stereocenters. The number of benzene rings is 1. The molecule has 2 aromatic rings. The number of halogens is 3. The van der Waals surface area contributed by atoms with E-state index in [0.29, 0.717) is 6.54 Å². The van der Waals surface area contributed by atoms with Crippen LogP contribution in [0.25, 0.3) is 0 Å². The number of rotatable bonds is 6. The van der Waals surface area contributed by atoms with Crippen LogP contribution in [0.4, 0.5) is 19.1 Å². The van der Waals surface area contributed by atoms with E-state index in [1.54, 1.807) is 0 Å². The third-order valence-corrected chi connectivity index (χ3v) is 3.20. The zero-order chi connectivity index (χ0) is 16.9. The summed E-state index contributed by atoms with van der Waals surface area (Å²) in [7, 11) is 1.96. The van der Waals surface area contributed by atoms with Crippen molar-refractivity contribution in [1.29, 1.82) is 0 Å². The van der Waals surface area contributed by atoms with Gasteiger partial charge in [0, 0.05) is 25.3 Å². The molecule has 0 radical (unpaired) electrons. The molecule has 0 bridgehead atoms. The number of hydrogen-bond donors (Lipinski definition) is 1. The first-order valence-electron chi connectivity index (χ1n) is 7.24. The molecule has 1 N–H and O–H groups in total. The summed E-state index contributed by atoms with van der Waals surface area (Å²) >= 11 is 0. The zero-order valence-corrected chi connectivity index (χ0v) is 13.0. The highest BCUT2D eigenvalue weighted by molar-refractivity contribution is 5.27. The van der Waals surface area contributed by atoms with Gasteiger partial charge in [-0.05, 0) is 25.6 Å². The highest BCUT2D eigenvalue weighted by Gasteiger charge is 2.32. The molecule has 1 heterocycles. The molecule has 2 rings (SSSR count). The largest absolute Gasteiger partial charge is 0.433 e. The fourth-order valence-corrected chi connectivity index (χ4v) is 2.28. The van der Waals surface area contributed by atoms with Crippen molar-refractivity contribution in [2.75, 3.05) is 18.9 Å². The van der Waals surface area contributed by atoms with Crippen LogP contribution in [0.1, 0.15) is 18.2 Å². The molecule has 0 saturated carbocycles. The Balaban J connectivity index is 1.90. The van der Waals surface area contributed by atoms with Gasteiger partial charge < -0.3 is 10.2 Å². The molecule has 4 nitrogen and oxygen atoms in total. The van der Waals surface area contributed by atoms with E-state index in [0.717, 1.165) is 18.8 Å². The van der Waals surface area contributed by atoms with Gasteiger partial charge in [0.2, 0.25) is 5.95 Å². The van der Waals surface area contributed by atoms with Gasteiger partial charge in [0.25, 0.3) is 0 Å². The Hall–Kier alpha value is -2.15. The predicted molar refractivity (Wildman–Crippen MR) is 82.9 cm³/mol. The minimum atomic E-state index is -4.47. The summed E-state index contributed by atoms with van der Waals surface area (Å²) in [6, 6.07) is 10.7. The minimum absolute atomic E-state index is 0.0135. The molecule has 0 spiro atoms. The lowest BCUT2D eigenvalue weighted by molar-refractivity contribution is -0.141. The van der Waals surface area contributed by atoms with Crippen LogP contribution in [-0.2, 0) is 12.7 Å². The smallest absolute Gasteiger partial charge is 0.350 e. The molecule has 0 fully saturated rings.